The quantitative estimate of drug-likeness (QED) is 0.729. The molecule has 0 radical (unpaired) electrons. The van der Waals surface area contributed by atoms with Crippen molar-refractivity contribution in [3.63, 3.8) is 0 Å². The van der Waals surface area contributed by atoms with Crippen LogP contribution in [0.3, 0.4) is 0 Å². The van der Waals surface area contributed by atoms with E-state index < -0.39 is 9.84 Å². The van der Waals surface area contributed by atoms with Gasteiger partial charge in [-0.1, -0.05) is 60.7 Å². The Bertz CT molecular complexity index is 1070. The van der Waals surface area contributed by atoms with E-state index in [0.717, 1.165) is 28.5 Å². The van der Waals surface area contributed by atoms with Crippen molar-refractivity contribution in [2.45, 2.75) is 18.4 Å². The summed E-state index contributed by atoms with van der Waals surface area (Å²) in [4.78, 5) is 12.8. The summed E-state index contributed by atoms with van der Waals surface area (Å²) in [6.07, 6.45) is 1.13. The van der Waals surface area contributed by atoms with E-state index in [1.54, 1.807) is 13.0 Å². The van der Waals surface area contributed by atoms with E-state index in [0.29, 0.717) is 12.1 Å². The number of hydrogen-bond acceptors (Lipinski definition) is 3. The summed E-state index contributed by atoms with van der Waals surface area (Å²) in [5.74, 6) is -0.291. The minimum absolute atomic E-state index is 0.142. The largest absolute Gasteiger partial charge is 0.348 e. The predicted octanol–water partition coefficient (Wildman–Crippen LogP) is 4.00. The lowest BCUT2D eigenvalue weighted by atomic mass is 9.99. The Morgan fingerprint density at radius 3 is 2.30 bits per heavy atom. The molecule has 0 saturated heterocycles. The molecule has 0 bridgehead atoms. The summed E-state index contributed by atoms with van der Waals surface area (Å²) in [6, 6.07) is 22.5. The van der Waals surface area contributed by atoms with Gasteiger partial charge in [0, 0.05) is 18.4 Å². The highest BCUT2D eigenvalue weighted by atomic mass is 32.2. The zero-order valence-electron chi connectivity index (χ0n) is 15.3. The monoisotopic (exact) mass is 379 g/mol. The van der Waals surface area contributed by atoms with Crippen molar-refractivity contribution in [1.82, 2.24) is 5.32 Å². The fraction of sp³-hybridized carbons (Fsp3) is 0.136. The summed E-state index contributed by atoms with van der Waals surface area (Å²) in [6.45, 7) is 2.14. The van der Waals surface area contributed by atoms with Crippen molar-refractivity contribution >= 4 is 15.7 Å². The van der Waals surface area contributed by atoms with Crippen LogP contribution in [0.1, 0.15) is 21.5 Å². The average Bonchev–Trinajstić information content (AvgIpc) is 2.66. The average molecular weight is 379 g/mol. The third-order valence-electron chi connectivity index (χ3n) is 4.42. The molecular formula is C22H21NO3S. The molecule has 0 saturated carbocycles. The van der Waals surface area contributed by atoms with Crippen molar-refractivity contribution in [3.8, 4) is 11.1 Å². The van der Waals surface area contributed by atoms with Gasteiger partial charge in [0.1, 0.15) is 0 Å². The Morgan fingerprint density at radius 2 is 1.59 bits per heavy atom. The van der Waals surface area contributed by atoms with Crippen molar-refractivity contribution in [2.24, 2.45) is 0 Å². The zero-order chi connectivity index (χ0) is 19.4. The van der Waals surface area contributed by atoms with Crippen molar-refractivity contribution in [3.05, 3.63) is 89.5 Å². The molecule has 0 unspecified atom stereocenters. The second kappa shape index (κ2) is 7.76. The van der Waals surface area contributed by atoms with E-state index in [2.05, 4.69) is 5.32 Å². The van der Waals surface area contributed by atoms with Crippen LogP contribution >= 0.6 is 0 Å². The second-order valence-corrected chi connectivity index (χ2v) is 8.47. The van der Waals surface area contributed by atoms with Gasteiger partial charge in [0.15, 0.2) is 9.84 Å². The number of amides is 1. The highest BCUT2D eigenvalue weighted by Gasteiger charge is 2.15. The maximum Gasteiger partial charge on any atom is 0.251 e. The summed E-state index contributed by atoms with van der Waals surface area (Å²) < 4.78 is 23.5. The summed E-state index contributed by atoms with van der Waals surface area (Å²) in [5, 5.41) is 2.91. The topological polar surface area (TPSA) is 63.2 Å². The second-order valence-electron chi connectivity index (χ2n) is 6.45. The number of carbonyl (C=O) groups excluding carboxylic acids is 1. The Kier molecular flexibility index (Phi) is 5.42. The fourth-order valence-corrected chi connectivity index (χ4v) is 3.57. The van der Waals surface area contributed by atoms with Gasteiger partial charge in [-0.2, -0.15) is 0 Å². The van der Waals surface area contributed by atoms with Gasteiger partial charge < -0.3 is 5.32 Å². The lowest BCUT2D eigenvalue weighted by Gasteiger charge is -2.12. The summed E-state index contributed by atoms with van der Waals surface area (Å²) >= 11 is 0. The lowest BCUT2D eigenvalue weighted by molar-refractivity contribution is 0.0950. The molecule has 1 amide bonds. The molecule has 0 aliphatic rings. The highest BCUT2D eigenvalue weighted by Crippen LogP contribution is 2.23. The van der Waals surface area contributed by atoms with Gasteiger partial charge in [0.2, 0.25) is 0 Å². The Balaban J connectivity index is 1.84. The molecule has 1 N–H and O–H groups in total. The lowest BCUT2D eigenvalue weighted by Crippen LogP contribution is -2.24. The van der Waals surface area contributed by atoms with E-state index in [-0.39, 0.29) is 10.8 Å². The van der Waals surface area contributed by atoms with Crippen LogP contribution in [0.2, 0.25) is 0 Å². The first-order valence-electron chi connectivity index (χ1n) is 8.58. The first-order valence-corrected chi connectivity index (χ1v) is 10.5. The maximum atomic E-state index is 12.7. The van der Waals surface area contributed by atoms with E-state index in [1.807, 2.05) is 54.6 Å². The van der Waals surface area contributed by atoms with Crippen molar-refractivity contribution in [1.29, 1.82) is 0 Å². The number of benzene rings is 3. The molecule has 0 spiro atoms. The summed E-state index contributed by atoms with van der Waals surface area (Å²) in [5.41, 5.74) is 4.23. The minimum Gasteiger partial charge on any atom is -0.348 e. The number of rotatable bonds is 5. The number of carbonyl (C=O) groups is 1. The van der Waals surface area contributed by atoms with Gasteiger partial charge in [-0.3, -0.25) is 4.79 Å². The fourth-order valence-electron chi connectivity index (χ4n) is 2.92. The van der Waals surface area contributed by atoms with Crippen LogP contribution in [-0.2, 0) is 16.4 Å². The van der Waals surface area contributed by atoms with E-state index in [9.17, 15) is 13.2 Å². The van der Waals surface area contributed by atoms with Gasteiger partial charge >= 0.3 is 0 Å². The van der Waals surface area contributed by atoms with Crippen molar-refractivity contribution < 1.29 is 13.2 Å². The molecule has 0 aliphatic heterocycles. The standard InChI is InChI=1S/C22H21NO3S/c1-16-12-13-19(27(2,25)26)14-21(16)22(24)23-15-18-10-6-7-11-20(18)17-8-4-3-5-9-17/h3-14H,15H2,1-2H3,(H,23,24). The Labute approximate surface area is 159 Å². The number of nitrogens with one attached hydrogen (secondary N) is 1. The number of aryl methyl sites for hydroxylation is 1. The first kappa shape index (κ1) is 18.9. The molecule has 5 heteroatoms. The molecule has 4 nitrogen and oxygen atoms in total. The van der Waals surface area contributed by atoms with E-state index in [4.69, 9.17) is 0 Å². The van der Waals surface area contributed by atoms with Gasteiger partial charge in [-0.15, -0.1) is 0 Å². The molecule has 0 fully saturated rings. The molecule has 0 heterocycles. The first-order chi connectivity index (χ1) is 12.9. The molecule has 0 aliphatic carbocycles. The van der Waals surface area contributed by atoms with Gasteiger partial charge in [-0.05, 0) is 41.3 Å². The molecule has 138 valence electrons. The number of sulfone groups is 1. The molecule has 27 heavy (non-hydrogen) atoms. The Morgan fingerprint density at radius 1 is 0.926 bits per heavy atom. The molecule has 3 aromatic carbocycles. The Hall–Kier alpha value is -2.92. The van der Waals surface area contributed by atoms with Crippen LogP contribution in [-0.4, -0.2) is 20.6 Å². The SMILES string of the molecule is Cc1ccc(S(C)(=O)=O)cc1C(=O)NCc1ccccc1-c1ccccc1. The predicted molar refractivity (Wildman–Crippen MR) is 107 cm³/mol. The van der Waals surface area contributed by atoms with Crippen LogP contribution in [0.5, 0.6) is 0 Å². The normalized spacial score (nSPS) is 11.2. The molecule has 3 rings (SSSR count). The smallest absolute Gasteiger partial charge is 0.251 e. The molecule has 0 atom stereocenters. The molecule has 3 aromatic rings. The van der Waals surface area contributed by atoms with Crippen LogP contribution in [0, 0.1) is 6.92 Å². The van der Waals surface area contributed by atoms with E-state index >= 15 is 0 Å². The van der Waals surface area contributed by atoms with Gasteiger partial charge in [0.25, 0.3) is 5.91 Å². The summed E-state index contributed by atoms with van der Waals surface area (Å²) in [7, 11) is -3.37. The number of hydrogen-bond donors (Lipinski definition) is 1. The van der Waals surface area contributed by atoms with Crippen molar-refractivity contribution in [2.75, 3.05) is 6.26 Å². The van der Waals surface area contributed by atoms with Crippen LogP contribution in [0.4, 0.5) is 0 Å². The van der Waals surface area contributed by atoms with E-state index in [1.165, 1.54) is 12.1 Å². The zero-order valence-corrected chi connectivity index (χ0v) is 16.1. The van der Waals surface area contributed by atoms with Crippen LogP contribution in [0.15, 0.2) is 77.7 Å². The van der Waals surface area contributed by atoms with Crippen LogP contribution in [0.25, 0.3) is 11.1 Å². The van der Waals surface area contributed by atoms with Gasteiger partial charge in [-0.25, -0.2) is 8.42 Å². The minimum atomic E-state index is -3.37. The maximum absolute atomic E-state index is 12.7. The third-order valence-corrected chi connectivity index (χ3v) is 5.53. The molecular weight excluding hydrogens is 358 g/mol. The third kappa shape index (κ3) is 4.44. The van der Waals surface area contributed by atoms with Gasteiger partial charge in [0.05, 0.1) is 4.90 Å². The highest BCUT2D eigenvalue weighted by molar-refractivity contribution is 7.90. The van der Waals surface area contributed by atoms with Crippen LogP contribution < -0.4 is 5.32 Å². The molecule has 0 aromatic heterocycles.